The second kappa shape index (κ2) is 4.72. The van der Waals surface area contributed by atoms with Gasteiger partial charge in [-0.1, -0.05) is 18.2 Å². The van der Waals surface area contributed by atoms with Crippen LogP contribution in [-0.4, -0.2) is 16.7 Å². The molecule has 1 aromatic heterocycles. The van der Waals surface area contributed by atoms with Crippen molar-refractivity contribution in [1.82, 2.24) is 10.3 Å². The molecule has 2 aromatic rings. The standard InChI is InChI=1S/C14H18N2O2/c1-14(2,3)18-13(17)15-9-11-8-10-6-4-5-7-12(10)16-11/h4-8,16H,9H2,1-3H3,(H,15,17). The molecule has 0 aliphatic heterocycles. The Labute approximate surface area is 106 Å². The summed E-state index contributed by atoms with van der Waals surface area (Å²) in [6.45, 7) is 5.96. The number of para-hydroxylation sites is 1. The van der Waals surface area contributed by atoms with Gasteiger partial charge in [-0.05, 0) is 38.3 Å². The van der Waals surface area contributed by atoms with Gasteiger partial charge in [0.15, 0.2) is 0 Å². The molecule has 0 aliphatic rings. The molecule has 1 heterocycles. The summed E-state index contributed by atoms with van der Waals surface area (Å²) in [6, 6.07) is 10.0. The van der Waals surface area contributed by atoms with E-state index in [0.717, 1.165) is 16.6 Å². The summed E-state index contributed by atoms with van der Waals surface area (Å²) < 4.78 is 5.17. The molecule has 0 saturated carbocycles. The summed E-state index contributed by atoms with van der Waals surface area (Å²) in [6.07, 6.45) is -0.402. The Kier molecular flexibility index (Phi) is 3.28. The first-order valence-corrected chi connectivity index (χ1v) is 5.97. The SMILES string of the molecule is CC(C)(C)OC(=O)NCc1cc2ccccc2[nH]1. The number of carbonyl (C=O) groups is 1. The lowest BCUT2D eigenvalue weighted by atomic mass is 10.2. The molecule has 1 aromatic carbocycles. The van der Waals surface area contributed by atoms with Crippen LogP contribution in [0.1, 0.15) is 26.5 Å². The molecule has 0 unspecified atom stereocenters. The minimum absolute atomic E-state index is 0.402. The number of fused-ring (bicyclic) bond motifs is 1. The van der Waals surface area contributed by atoms with Gasteiger partial charge in [-0.25, -0.2) is 4.79 Å². The topological polar surface area (TPSA) is 54.1 Å². The first-order valence-electron chi connectivity index (χ1n) is 5.97. The van der Waals surface area contributed by atoms with E-state index in [1.807, 2.05) is 51.1 Å². The zero-order chi connectivity index (χ0) is 13.2. The Hall–Kier alpha value is -1.97. The van der Waals surface area contributed by atoms with Crippen molar-refractivity contribution in [2.75, 3.05) is 0 Å². The smallest absolute Gasteiger partial charge is 0.407 e. The lowest BCUT2D eigenvalue weighted by Gasteiger charge is -2.19. The summed E-state index contributed by atoms with van der Waals surface area (Å²) in [5.41, 5.74) is 1.56. The molecular weight excluding hydrogens is 228 g/mol. The predicted octanol–water partition coefficient (Wildman–Crippen LogP) is 3.19. The van der Waals surface area contributed by atoms with Gasteiger partial charge < -0.3 is 15.0 Å². The minimum Gasteiger partial charge on any atom is -0.444 e. The fraction of sp³-hybridized carbons (Fsp3) is 0.357. The number of benzene rings is 1. The normalized spacial score (nSPS) is 11.5. The van der Waals surface area contributed by atoms with Gasteiger partial charge in [-0.3, -0.25) is 0 Å². The third kappa shape index (κ3) is 3.26. The highest BCUT2D eigenvalue weighted by atomic mass is 16.6. The zero-order valence-corrected chi connectivity index (χ0v) is 10.9. The molecule has 0 spiro atoms. The molecule has 0 fully saturated rings. The second-order valence-electron chi connectivity index (χ2n) is 5.24. The van der Waals surface area contributed by atoms with E-state index in [1.165, 1.54) is 0 Å². The first kappa shape index (κ1) is 12.5. The van der Waals surface area contributed by atoms with Crippen molar-refractivity contribution in [3.63, 3.8) is 0 Å². The molecule has 1 amide bonds. The molecule has 2 N–H and O–H groups in total. The largest absolute Gasteiger partial charge is 0.444 e. The maximum atomic E-state index is 11.5. The molecule has 0 aliphatic carbocycles. The minimum atomic E-state index is -0.468. The monoisotopic (exact) mass is 246 g/mol. The van der Waals surface area contributed by atoms with E-state index in [2.05, 4.69) is 10.3 Å². The van der Waals surface area contributed by atoms with E-state index in [1.54, 1.807) is 0 Å². The average molecular weight is 246 g/mol. The third-order valence-corrected chi connectivity index (χ3v) is 2.41. The van der Waals surface area contributed by atoms with Crippen molar-refractivity contribution in [2.45, 2.75) is 32.9 Å². The van der Waals surface area contributed by atoms with Crippen molar-refractivity contribution in [1.29, 1.82) is 0 Å². The Balaban J connectivity index is 1.96. The van der Waals surface area contributed by atoms with Crippen LogP contribution in [0.25, 0.3) is 10.9 Å². The van der Waals surface area contributed by atoms with Crippen LogP contribution in [0.4, 0.5) is 4.79 Å². The molecule has 0 atom stereocenters. The summed E-state index contributed by atoms with van der Waals surface area (Å²) in [5, 5.41) is 3.86. The van der Waals surface area contributed by atoms with Crippen LogP contribution in [0.3, 0.4) is 0 Å². The van der Waals surface area contributed by atoms with Crippen molar-refractivity contribution in [3.05, 3.63) is 36.0 Å². The number of rotatable bonds is 2. The molecule has 0 bridgehead atoms. The fourth-order valence-electron chi connectivity index (χ4n) is 1.71. The highest BCUT2D eigenvalue weighted by Gasteiger charge is 2.15. The van der Waals surface area contributed by atoms with Crippen molar-refractivity contribution in [3.8, 4) is 0 Å². The zero-order valence-electron chi connectivity index (χ0n) is 10.9. The predicted molar refractivity (Wildman–Crippen MR) is 71.4 cm³/mol. The van der Waals surface area contributed by atoms with Crippen molar-refractivity contribution >= 4 is 17.0 Å². The second-order valence-corrected chi connectivity index (χ2v) is 5.24. The van der Waals surface area contributed by atoms with Gasteiger partial charge in [-0.2, -0.15) is 0 Å². The van der Waals surface area contributed by atoms with Crippen molar-refractivity contribution in [2.24, 2.45) is 0 Å². The number of alkyl carbamates (subject to hydrolysis) is 1. The quantitative estimate of drug-likeness (QED) is 0.855. The van der Waals surface area contributed by atoms with Crippen molar-refractivity contribution < 1.29 is 9.53 Å². The molecule has 0 saturated heterocycles. The van der Waals surface area contributed by atoms with Crippen LogP contribution in [0.2, 0.25) is 0 Å². The van der Waals surface area contributed by atoms with Gasteiger partial charge in [-0.15, -0.1) is 0 Å². The highest BCUT2D eigenvalue weighted by molar-refractivity contribution is 5.80. The number of carbonyl (C=O) groups excluding carboxylic acids is 1. The fourth-order valence-corrected chi connectivity index (χ4v) is 1.71. The van der Waals surface area contributed by atoms with Crippen LogP contribution < -0.4 is 5.32 Å². The van der Waals surface area contributed by atoms with Crippen LogP contribution in [0.5, 0.6) is 0 Å². The summed E-state index contributed by atoms with van der Waals surface area (Å²) >= 11 is 0. The van der Waals surface area contributed by atoms with E-state index in [9.17, 15) is 4.79 Å². The maximum Gasteiger partial charge on any atom is 0.407 e. The van der Waals surface area contributed by atoms with Gasteiger partial charge in [0.1, 0.15) is 5.60 Å². The lowest BCUT2D eigenvalue weighted by molar-refractivity contribution is 0.0523. The van der Waals surface area contributed by atoms with Gasteiger partial charge >= 0.3 is 6.09 Å². The molecule has 0 radical (unpaired) electrons. The highest BCUT2D eigenvalue weighted by Crippen LogP contribution is 2.14. The molecule has 4 nitrogen and oxygen atoms in total. The van der Waals surface area contributed by atoms with Gasteiger partial charge in [0.2, 0.25) is 0 Å². The number of aromatic nitrogens is 1. The number of hydrogen-bond donors (Lipinski definition) is 2. The number of aromatic amines is 1. The maximum absolute atomic E-state index is 11.5. The number of ether oxygens (including phenoxy) is 1. The van der Waals surface area contributed by atoms with Gasteiger partial charge in [0.25, 0.3) is 0 Å². The van der Waals surface area contributed by atoms with Crippen LogP contribution in [-0.2, 0) is 11.3 Å². The lowest BCUT2D eigenvalue weighted by Crippen LogP contribution is -2.32. The van der Waals surface area contributed by atoms with Crippen LogP contribution >= 0.6 is 0 Å². The Bertz CT molecular complexity index is 519. The summed E-state index contributed by atoms with van der Waals surface area (Å²) in [7, 11) is 0. The molecule has 96 valence electrons. The summed E-state index contributed by atoms with van der Waals surface area (Å²) in [5.74, 6) is 0. The number of hydrogen-bond acceptors (Lipinski definition) is 2. The van der Waals surface area contributed by atoms with E-state index in [4.69, 9.17) is 4.74 Å². The molecule has 2 rings (SSSR count). The van der Waals surface area contributed by atoms with E-state index in [0.29, 0.717) is 6.54 Å². The molecule has 4 heteroatoms. The number of amides is 1. The number of nitrogens with one attached hydrogen (secondary N) is 2. The van der Waals surface area contributed by atoms with Crippen LogP contribution in [0, 0.1) is 0 Å². The number of H-pyrrole nitrogens is 1. The van der Waals surface area contributed by atoms with E-state index >= 15 is 0 Å². The Morgan fingerprint density at radius 2 is 2.06 bits per heavy atom. The average Bonchev–Trinajstić information content (AvgIpc) is 2.66. The Morgan fingerprint density at radius 3 is 2.72 bits per heavy atom. The summed E-state index contributed by atoms with van der Waals surface area (Å²) in [4.78, 5) is 14.7. The third-order valence-electron chi connectivity index (χ3n) is 2.41. The van der Waals surface area contributed by atoms with E-state index < -0.39 is 11.7 Å². The van der Waals surface area contributed by atoms with Gasteiger partial charge in [0.05, 0.1) is 6.54 Å². The van der Waals surface area contributed by atoms with E-state index in [-0.39, 0.29) is 0 Å². The van der Waals surface area contributed by atoms with Crippen LogP contribution in [0.15, 0.2) is 30.3 Å². The molecule has 18 heavy (non-hydrogen) atoms. The van der Waals surface area contributed by atoms with Gasteiger partial charge in [0, 0.05) is 11.2 Å². The Morgan fingerprint density at radius 1 is 1.33 bits per heavy atom. The first-order chi connectivity index (χ1) is 8.44. The molecular formula is C14H18N2O2.